The van der Waals surface area contributed by atoms with Crippen LogP contribution >= 0.6 is 0 Å². The van der Waals surface area contributed by atoms with Crippen molar-refractivity contribution in [3.8, 4) is 5.75 Å². The Morgan fingerprint density at radius 2 is 1.93 bits per heavy atom. The van der Waals surface area contributed by atoms with E-state index >= 15 is 0 Å². The molecule has 1 fully saturated rings. The van der Waals surface area contributed by atoms with E-state index in [1.54, 1.807) is 12.1 Å². The van der Waals surface area contributed by atoms with Crippen LogP contribution in [-0.4, -0.2) is 55.3 Å². The molecule has 1 aromatic rings. The predicted molar refractivity (Wildman–Crippen MR) is 109 cm³/mol. The van der Waals surface area contributed by atoms with Gasteiger partial charge in [0, 0.05) is 18.8 Å². The van der Waals surface area contributed by atoms with Gasteiger partial charge in [-0.2, -0.15) is 5.43 Å². The Morgan fingerprint density at radius 1 is 1.28 bits per heavy atom. The molecule has 2 aliphatic heterocycles. The molecule has 1 saturated heterocycles. The van der Waals surface area contributed by atoms with Crippen LogP contribution in [0, 0.1) is 5.92 Å². The van der Waals surface area contributed by atoms with E-state index < -0.39 is 26.8 Å². The molecule has 0 aliphatic carbocycles. The van der Waals surface area contributed by atoms with Gasteiger partial charge in [-0.05, 0) is 63.3 Å². The standard InChI is InChI=1S/C19H28N4O5S/c1-19(2,29(26,27)12-9-13-7-10-28-11-8-13)17(25)21-18-20-16(22-23-18)14-3-5-15(24)6-4-14/h3-6,13,18,23-24H,7-12H2,1-2H3,(H,20,22)(H,21,25). The van der Waals surface area contributed by atoms with E-state index in [4.69, 9.17) is 4.74 Å². The number of sulfone groups is 1. The van der Waals surface area contributed by atoms with Crippen molar-refractivity contribution in [2.24, 2.45) is 10.9 Å². The van der Waals surface area contributed by atoms with Crippen LogP contribution in [-0.2, 0) is 19.4 Å². The van der Waals surface area contributed by atoms with E-state index in [-0.39, 0.29) is 11.5 Å². The lowest BCUT2D eigenvalue weighted by Gasteiger charge is -2.27. The van der Waals surface area contributed by atoms with Gasteiger partial charge in [-0.1, -0.05) is 0 Å². The van der Waals surface area contributed by atoms with Gasteiger partial charge < -0.3 is 20.6 Å². The molecule has 2 aliphatic rings. The molecule has 1 amide bonds. The molecule has 3 rings (SSSR count). The lowest BCUT2D eigenvalue weighted by molar-refractivity contribution is -0.123. The summed E-state index contributed by atoms with van der Waals surface area (Å²) >= 11 is 0. The van der Waals surface area contributed by atoms with Gasteiger partial charge in [-0.3, -0.25) is 4.79 Å². The van der Waals surface area contributed by atoms with E-state index in [0.717, 1.165) is 18.4 Å². The number of carbonyl (C=O) groups is 1. The molecule has 4 N–H and O–H groups in total. The normalized spacial score (nSPS) is 20.8. The molecule has 0 saturated carbocycles. The lowest BCUT2D eigenvalue weighted by Crippen LogP contribution is -2.55. The van der Waals surface area contributed by atoms with Crippen LogP contribution in [0.2, 0.25) is 0 Å². The van der Waals surface area contributed by atoms with Crippen molar-refractivity contribution in [1.82, 2.24) is 16.2 Å². The van der Waals surface area contributed by atoms with Crippen LogP contribution in [0.4, 0.5) is 0 Å². The van der Waals surface area contributed by atoms with Crippen molar-refractivity contribution >= 4 is 21.6 Å². The topological polar surface area (TPSA) is 129 Å². The first-order chi connectivity index (χ1) is 13.7. The summed E-state index contributed by atoms with van der Waals surface area (Å²) in [5.74, 6) is 0.291. The highest BCUT2D eigenvalue weighted by molar-refractivity contribution is 7.93. The van der Waals surface area contributed by atoms with Gasteiger partial charge in [0.05, 0.1) is 5.75 Å². The van der Waals surface area contributed by atoms with Gasteiger partial charge in [-0.15, -0.1) is 0 Å². The summed E-state index contributed by atoms with van der Waals surface area (Å²) < 4.78 is 29.4. The summed E-state index contributed by atoms with van der Waals surface area (Å²) in [5, 5.41) is 12.0. The third-order valence-corrected chi connectivity index (χ3v) is 7.97. The second-order valence-electron chi connectivity index (χ2n) is 7.84. The number of phenols is 1. The number of amides is 1. The lowest BCUT2D eigenvalue weighted by atomic mass is 9.98. The number of benzene rings is 1. The number of carbonyl (C=O) groups excluding carboxylic acids is 1. The van der Waals surface area contributed by atoms with Crippen molar-refractivity contribution in [1.29, 1.82) is 0 Å². The number of hydrogen-bond donors (Lipinski definition) is 4. The second-order valence-corrected chi connectivity index (χ2v) is 10.5. The highest BCUT2D eigenvalue weighted by Gasteiger charge is 2.42. The van der Waals surface area contributed by atoms with Crippen LogP contribution in [0.3, 0.4) is 0 Å². The van der Waals surface area contributed by atoms with E-state index in [2.05, 4.69) is 21.2 Å². The van der Waals surface area contributed by atoms with Gasteiger partial charge in [0.15, 0.2) is 16.1 Å². The summed E-state index contributed by atoms with van der Waals surface area (Å²) in [4.78, 5) is 17.0. The second kappa shape index (κ2) is 8.68. The minimum Gasteiger partial charge on any atom is -0.508 e. The summed E-state index contributed by atoms with van der Waals surface area (Å²) in [5.41, 5.74) is 6.37. The molecule has 1 aromatic carbocycles. The molecule has 2 heterocycles. The number of hydrogen-bond acceptors (Lipinski definition) is 8. The van der Waals surface area contributed by atoms with Crippen molar-refractivity contribution < 1.29 is 23.1 Å². The molecule has 0 bridgehead atoms. The average molecular weight is 425 g/mol. The maximum absolute atomic E-state index is 12.8. The molecule has 9 nitrogen and oxygen atoms in total. The molecule has 160 valence electrons. The number of nitrogens with zero attached hydrogens (tertiary/aromatic N) is 1. The van der Waals surface area contributed by atoms with Crippen LogP contribution in [0.15, 0.2) is 29.3 Å². The fraction of sp³-hybridized carbons (Fsp3) is 0.579. The molecule has 1 unspecified atom stereocenters. The van der Waals surface area contributed by atoms with Gasteiger partial charge in [0.1, 0.15) is 16.3 Å². The minimum absolute atomic E-state index is 0.0313. The van der Waals surface area contributed by atoms with Gasteiger partial charge in [0.25, 0.3) is 0 Å². The smallest absolute Gasteiger partial charge is 0.243 e. The zero-order valence-electron chi connectivity index (χ0n) is 16.6. The summed E-state index contributed by atoms with van der Waals surface area (Å²) in [6.07, 6.45) is 1.45. The number of amidine groups is 1. The van der Waals surface area contributed by atoms with Crippen molar-refractivity contribution in [3.05, 3.63) is 29.8 Å². The van der Waals surface area contributed by atoms with E-state index in [1.165, 1.54) is 26.0 Å². The largest absolute Gasteiger partial charge is 0.508 e. The number of ether oxygens (including phenoxy) is 1. The van der Waals surface area contributed by atoms with Gasteiger partial charge in [-0.25, -0.2) is 13.4 Å². The van der Waals surface area contributed by atoms with Crippen LogP contribution < -0.4 is 16.2 Å². The number of aromatic hydroxyl groups is 1. The Kier molecular flexibility index (Phi) is 6.45. The third-order valence-electron chi connectivity index (χ3n) is 5.45. The van der Waals surface area contributed by atoms with Crippen molar-refractivity contribution in [3.63, 3.8) is 0 Å². The van der Waals surface area contributed by atoms with E-state index in [0.29, 0.717) is 31.4 Å². The molecule has 0 radical (unpaired) electrons. The Labute approximate surface area is 170 Å². The number of phenolic OH excluding ortho intramolecular Hbond substituents is 1. The summed E-state index contributed by atoms with van der Waals surface area (Å²) in [6, 6.07) is 6.41. The van der Waals surface area contributed by atoms with Crippen molar-refractivity contribution in [2.45, 2.75) is 44.1 Å². The Balaban J connectivity index is 1.60. The average Bonchev–Trinajstić information content (AvgIpc) is 3.16. The first-order valence-electron chi connectivity index (χ1n) is 9.69. The van der Waals surface area contributed by atoms with Gasteiger partial charge >= 0.3 is 0 Å². The molecular formula is C19H28N4O5S. The Morgan fingerprint density at radius 3 is 2.59 bits per heavy atom. The predicted octanol–water partition coefficient (Wildman–Crippen LogP) is 0.657. The first-order valence-corrected chi connectivity index (χ1v) is 11.3. The Hall–Kier alpha value is -2.17. The van der Waals surface area contributed by atoms with Crippen LogP contribution in [0.1, 0.15) is 38.7 Å². The maximum atomic E-state index is 12.8. The van der Waals surface area contributed by atoms with Crippen molar-refractivity contribution in [2.75, 3.05) is 19.0 Å². The number of hydrazine groups is 1. The van der Waals surface area contributed by atoms with Crippen LogP contribution in [0.5, 0.6) is 5.75 Å². The number of nitrogens with one attached hydrogen (secondary N) is 3. The van der Waals surface area contributed by atoms with Gasteiger partial charge in [0.2, 0.25) is 5.91 Å². The molecular weight excluding hydrogens is 396 g/mol. The molecule has 10 heteroatoms. The molecule has 0 spiro atoms. The monoisotopic (exact) mass is 424 g/mol. The summed E-state index contributed by atoms with van der Waals surface area (Å²) in [7, 11) is -3.65. The zero-order chi connectivity index (χ0) is 21.1. The fourth-order valence-electron chi connectivity index (χ4n) is 3.22. The SMILES string of the molecule is CC(C)(C(=O)NC1N=C(c2ccc(O)cc2)NN1)S(=O)(=O)CCC1CCOCC1. The maximum Gasteiger partial charge on any atom is 0.243 e. The highest BCUT2D eigenvalue weighted by atomic mass is 32.2. The quantitative estimate of drug-likeness (QED) is 0.506. The summed E-state index contributed by atoms with van der Waals surface area (Å²) in [6.45, 7) is 4.18. The fourth-order valence-corrected chi connectivity index (χ4v) is 4.71. The first kappa shape index (κ1) is 21.5. The number of rotatable bonds is 7. The molecule has 29 heavy (non-hydrogen) atoms. The minimum atomic E-state index is -3.65. The van der Waals surface area contributed by atoms with E-state index in [9.17, 15) is 18.3 Å². The van der Waals surface area contributed by atoms with Crippen LogP contribution in [0.25, 0.3) is 0 Å². The highest BCUT2D eigenvalue weighted by Crippen LogP contribution is 2.24. The Bertz CT molecular complexity index is 861. The zero-order valence-corrected chi connectivity index (χ0v) is 17.5. The molecule has 1 atom stereocenters. The van der Waals surface area contributed by atoms with E-state index in [1.807, 2.05) is 0 Å². The molecule has 0 aromatic heterocycles. The number of aliphatic imine (C=N–C) groups is 1. The third kappa shape index (κ3) is 5.06.